The summed E-state index contributed by atoms with van der Waals surface area (Å²) in [4.78, 5) is 0. The molecule has 0 atom stereocenters. The summed E-state index contributed by atoms with van der Waals surface area (Å²) in [6.45, 7) is 0. The lowest BCUT2D eigenvalue weighted by Gasteiger charge is -2.36. The number of alkyl halides is 1. The molecule has 1 aromatic rings. The number of hydrogen-bond donors (Lipinski definition) is 0. The van der Waals surface area contributed by atoms with Crippen LogP contribution in [0.3, 0.4) is 0 Å². The summed E-state index contributed by atoms with van der Waals surface area (Å²) in [6, 6.07) is 5.71. The SMILES string of the molecule is ClCC1(Cc2c(Cl)cccc2Cl)CCCCC1. The van der Waals surface area contributed by atoms with E-state index < -0.39 is 0 Å². The molecule has 0 N–H and O–H groups in total. The molecule has 0 nitrogen and oxygen atoms in total. The lowest BCUT2D eigenvalue weighted by atomic mass is 9.72. The fourth-order valence-corrected chi connectivity index (χ4v) is 3.63. The molecule has 17 heavy (non-hydrogen) atoms. The number of halogens is 3. The maximum atomic E-state index is 6.24. The van der Waals surface area contributed by atoms with Crippen molar-refractivity contribution in [3.05, 3.63) is 33.8 Å². The molecule has 0 saturated heterocycles. The Hall–Kier alpha value is 0.0900. The molecule has 2 rings (SSSR count). The number of hydrogen-bond acceptors (Lipinski definition) is 0. The molecule has 1 saturated carbocycles. The largest absolute Gasteiger partial charge is 0.126 e. The van der Waals surface area contributed by atoms with Crippen molar-refractivity contribution in [3.8, 4) is 0 Å². The van der Waals surface area contributed by atoms with Crippen LogP contribution < -0.4 is 0 Å². The third-order valence-electron chi connectivity index (χ3n) is 3.81. The summed E-state index contributed by atoms with van der Waals surface area (Å²) in [5.41, 5.74) is 1.27. The zero-order valence-corrected chi connectivity index (χ0v) is 12.1. The highest BCUT2D eigenvalue weighted by molar-refractivity contribution is 6.36. The highest BCUT2D eigenvalue weighted by Gasteiger charge is 2.32. The van der Waals surface area contributed by atoms with Gasteiger partial charge in [-0.05, 0) is 42.4 Å². The van der Waals surface area contributed by atoms with Crippen molar-refractivity contribution < 1.29 is 0 Å². The van der Waals surface area contributed by atoms with E-state index in [9.17, 15) is 0 Å². The van der Waals surface area contributed by atoms with Gasteiger partial charge in [-0.15, -0.1) is 11.6 Å². The average molecular weight is 292 g/mol. The molecule has 0 aromatic heterocycles. The summed E-state index contributed by atoms with van der Waals surface area (Å²) in [5.74, 6) is 0.703. The van der Waals surface area contributed by atoms with E-state index in [0.29, 0.717) is 5.88 Å². The first kappa shape index (κ1) is 13.5. The molecule has 0 radical (unpaired) electrons. The van der Waals surface area contributed by atoms with Gasteiger partial charge in [-0.25, -0.2) is 0 Å². The van der Waals surface area contributed by atoms with Gasteiger partial charge in [0.25, 0.3) is 0 Å². The van der Waals surface area contributed by atoms with Gasteiger partial charge in [0.1, 0.15) is 0 Å². The van der Waals surface area contributed by atoms with E-state index in [4.69, 9.17) is 34.8 Å². The van der Waals surface area contributed by atoms with E-state index in [1.807, 2.05) is 18.2 Å². The third kappa shape index (κ3) is 3.10. The Balaban J connectivity index is 2.23. The summed E-state index contributed by atoms with van der Waals surface area (Å²) in [5, 5.41) is 1.54. The van der Waals surface area contributed by atoms with Crippen LogP contribution in [0.1, 0.15) is 37.7 Å². The quantitative estimate of drug-likeness (QED) is 0.624. The van der Waals surface area contributed by atoms with Crippen molar-refractivity contribution in [2.24, 2.45) is 5.41 Å². The van der Waals surface area contributed by atoms with Gasteiger partial charge in [0.2, 0.25) is 0 Å². The van der Waals surface area contributed by atoms with Crippen molar-refractivity contribution >= 4 is 34.8 Å². The molecule has 94 valence electrons. The maximum absolute atomic E-state index is 6.24. The molecule has 1 aliphatic rings. The summed E-state index contributed by atoms with van der Waals surface area (Å²) >= 11 is 18.7. The van der Waals surface area contributed by atoms with E-state index >= 15 is 0 Å². The highest BCUT2D eigenvalue weighted by atomic mass is 35.5. The fourth-order valence-electron chi connectivity index (χ4n) is 2.74. The first-order valence-electron chi connectivity index (χ1n) is 6.16. The van der Waals surface area contributed by atoms with Crippen LogP contribution in [0, 0.1) is 5.41 Å². The van der Waals surface area contributed by atoms with E-state index in [0.717, 1.165) is 22.0 Å². The molecule has 1 fully saturated rings. The highest BCUT2D eigenvalue weighted by Crippen LogP contribution is 2.42. The Bertz CT molecular complexity index is 361. The minimum Gasteiger partial charge on any atom is -0.126 e. The second kappa shape index (κ2) is 5.82. The van der Waals surface area contributed by atoms with Crippen LogP contribution in [-0.4, -0.2) is 5.88 Å². The van der Waals surface area contributed by atoms with Gasteiger partial charge >= 0.3 is 0 Å². The molecule has 0 amide bonds. The monoisotopic (exact) mass is 290 g/mol. The Kier molecular flexibility index (Phi) is 4.63. The van der Waals surface area contributed by atoms with Crippen molar-refractivity contribution in [1.82, 2.24) is 0 Å². The second-order valence-corrected chi connectivity index (χ2v) is 6.15. The molecule has 1 aromatic carbocycles. The van der Waals surface area contributed by atoms with Gasteiger partial charge in [-0.2, -0.15) is 0 Å². The number of rotatable bonds is 3. The van der Waals surface area contributed by atoms with Crippen molar-refractivity contribution in [2.45, 2.75) is 38.5 Å². The smallest absolute Gasteiger partial charge is 0.0453 e. The second-order valence-electron chi connectivity index (χ2n) is 5.07. The summed E-state index contributed by atoms with van der Waals surface area (Å²) in [7, 11) is 0. The lowest BCUT2D eigenvalue weighted by Crippen LogP contribution is -2.28. The first-order valence-corrected chi connectivity index (χ1v) is 7.45. The minimum atomic E-state index is 0.203. The van der Waals surface area contributed by atoms with Gasteiger partial charge in [0.15, 0.2) is 0 Å². The van der Waals surface area contributed by atoms with Crippen molar-refractivity contribution in [3.63, 3.8) is 0 Å². The molecular formula is C14H17Cl3. The number of benzene rings is 1. The van der Waals surface area contributed by atoms with Gasteiger partial charge in [-0.1, -0.05) is 48.5 Å². The fraction of sp³-hybridized carbons (Fsp3) is 0.571. The van der Waals surface area contributed by atoms with Crippen LogP contribution in [-0.2, 0) is 6.42 Å². The van der Waals surface area contributed by atoms with Crippen LogP contribution in [0.25, 0.3) is 0 Å². The topological polar surface area (TPSA) is 0 Å². The predicted molar refractivity (Wildman–Crippen MR) is 76.4 cm³/mol. The van der Waals surface area contributed by atoms with E-state index in [1.54, 1.807) is 0 Å². The lowest BCUT2D eigenvalue weighted by molar-refractivity contribution is 0.219. The van der Waals surface area contributed by atoms with E-state index in [2.05, 4.69) is 0 Å². The average Bonchev–Trinajstić information content (AvgIpc) is 2.35. The van der Waals surface area contributed by atoms with E-state index in [1.165, 1.54) is 32.1 Å². The minimum absolute atomic E-state index is 0.203. The zero-order valence-electron chi connectivity index (χ0n) is 9.82. The van der Waals surface area contributed by atoms with Crippen LogP contribution in [0.2, 0.25) is 10.0 Å². The summed E-state index contributed by atoms with van der Waals surface area (Å²) in [6.07, 6.45) is 7.17. The van der Waals surface area contributed by atoms with Crippen LogP contribution in [0.5, 0.6) is 0 Å². The van der Waals surface area contributed by atoms with Crippen LogP contribution in [0.15, 0.2) is 18.2 Å². The van der Waals surface area contributed by atoms with Crippen molar-refractivity contribution in [2.75, 3.05) is 5.88 Å². The van der Waals surface area contributed by atoms with Crippen molar-refractivity contribution in [1.29, 1.82) is 0 Å². The molecule has 0 unspecified atom stereocenters. The molecule has 0 aliphatic heterocycles. The Morgan fingerprint density at radius 3 is 2.12 bits per heavy atom. The summed E-state index contributed by atoms with van der Waals surface area (Å²) < 4.78 is 0. The molecule has 0 heterocycles. The van der Waals surface area contributed by atoms with Gasteiger partial charge in [0.05, 0.1) is 0 Å². The van der Waals surface area contributed by atoms with Gasteiger partial charge in [-0.3, -0.25) is 0 Å². The molecule has 0 bridgehead atoms. The first-order chi connectivity index (χ1) is 8.17. The molecule has 0 spiro atoms. The maximum Gasteiger partial charge on any atom is 0.0453 e. The standard InChI is InChI=1S/C14H17Cl3/c15-10-14(7-2-1-3-8-14)9-11-12(16)5-4-6-13(11)17/h4-6H,1-3,7-10H2. The molecule has 1 aliphatic carbocycles. The predicted octanol–water partition coefficient (Wildman–Crippen LogP) is 5.73. The molecule has 3 heteroatoms. The zero-order chi connectivity index (χ0) is 12.3. The van der Waals surface area contributed by atoms with Crippen LogP contribution in [0.4, 0.5) is 0 Å². The van der Waals surface area contributed by atoms with Gasteiger partial charge in [0, 0.05) is 15.9 Å². The third-order valence-corrected chi connectivity index (χ3v) is 5.09. The Morgan fingerprint density at radius 1 is 1.00 bits per heavy atom. The Labute approximate surface area is 118 Å². The normalized spacial score (nSPS) is 19.2. The Morgan fingerprint density at radius 2 is 1.59 bits per heavy atom. The van der Waals surface area contributed by atoms with E-state index in [-0.39, 0.29) is 5.41 Å². The van der Waals surface area contributed by atoms with Gasteiger partial charge < -0.3 is 0 Å². The molecular weight excluding hydrogens is 275 g/mol. The van der Waals surface area contributed by atoms with Crippen LogP contribution >= 0.6 is 34.8 Å².